The van der Waals surface area contributed by atoms with Crippen molar-refractivity contribution in [2.75, 3.05) is 18.6 Å². The molecule has 120 valence electrons. The highest BCUT2D eigenvalue weighted by atomic mass is 32.2. The number of thiazole rings is 1. The molecule has 1 aromatic carbocycles. The predicted molar refractivity (Wildman–Crippen MR) is 94.3 cm³/mol. The van der Waals surface area contributed by atoms with Crippen molar-refractivity contribution in [3.05, 3.63) is 47.6 Å². The molecule has 0 atom stereocenters. The lowest BCUT2D eigenvalue weighted by Gasteiger charge is -2.01. The minimum Gasteiger partial charge on any atom is -0.311 e. The van der Waals surface area contributed by atoms with Gasteiger partial charge in [-0.2, -0.15) is 0 Å². The number of hydrogen-bond acceptors (Lipinski definition) is 6. The van der Waals surface area contributed by atoms with Crippen molar-refractivity contribution in [2.45, 2.75) is 6.54 Å². The first-order valence-electron chi connectivity index (χ1n) is 7.19. The molecular formula is C16H17N3O2S2. The number of aromatic nitrogens is 2. The zero-order valence-corrected chi connectivity index (χ0v) is 14.3. The van der Waals surface area contributed by atoms with Crippen molar-refractivity contribution in [1.29, 1.82) is 0 Å². The number of hydrogen-bond donors (Lipinski definition) is 1. The molecule has 7 heteroatoms. The molecular weight excluding hydrogens is 330 g/mol. The molecule has 0 amide bonds. The number of pyridine rings is 1. The van der Waals surface area contributed by atoms with Gasteiger partial charge in [-0.15, -0.1) is 11.3 Å². The molecule has 0 fully saturated rings. The lowest BCUT2D eigenvalue weighted by Crippen LogP contribution is -2.21. The standard InChI is InChI=1S/C16H17N3O2S2/c1-23(20,21)8-7-17-10-14-11-19-16(22-14)13-5-4-12-3-2-6-18-15(12)9-13/h2-6,9,11,17H,7-8,10H2,1H3. The minimum absolute atomic E-state index is 0.148. The van der Waals surface area contributed by atoms with Crippen LogP contribution in [0.2, 0.25) is 0 Å². The van der Waals surface area contributed by atoms with Gasteiger partial charge in [-0.1, -0.05) is 18.2 Å². The second-order valence-corrected chi connectivity index (χ2v) is 8.72. The Hall–Kier alpha value is -1.83. The summed E-state index contributed by atoms with van der Waals surface area (Å²) >= 11 is 1.60. The molecule has 0 radical (unpaired) electrons. The molecule has 3 aromatic rings. The van der Waals surface area contributed by atoms with Crippen molar-refractivity contribution in [3.63, 3.8) is 0 Å². The number of benzene rings is 1. The van der Waals surface area contributed by atoms with Gasteiger partial charge in [-0.25, -0.2) is 13.4 Å². The second-order valence-electron chi connectivity index (χ2n) is 5.35. The Morgan fingerprint density at radius 3 is 2.91 bits per heavy atom. The Kier molecular flexibility index (Phi) is 4.70. The highest BCUT2D eigenvalue weighted by Gasteiger charge is 2.07. The maximum Gasteiger partial charge on any atom is 0.148 e. The van der Waals surface area contributed by atoms with Gasteiger partial charge in [0.25, 0.3) is 0 Å². The van der Waals surface area contributed by atoms with Crippen LogP contribution in [0.25, 0.3) is 21.5 Å². The quantitative estimate of drug-likeness (QED) is 0.694. The van der Waals surface area contributed by atoms with E-state index in [0.29, 0.717) is 13.1 Å². The zero-order chi connectivity index (χ0) is 16.3. The molecule has 0 unspecified atom stereocenters. The van der Waals surface area contributed by atoms with E-state index in [-0.39, 0.29) is 5.75 Å². The fourth-order valence-electron chi connectivity index (χ4n) is 2.19. The molecule has 2 aromatic heterocycles. The number of nitrogens with zero attached hydrogens (tertiary/aromatic N) is 2. The van der Waals surface area contributed by atoms with E-state index in [2.05, 4.69) is 15.3 Å². The molecule has 23 heavy (non-hydrogen) atoms. The number of sulfone groups is 1. The van der Waals surface area contributed by atoms with Crippen molar-refractivity contribution in [3.8, 4) is 10.6 Å². The molecule has 2 heterocycles. The maximum atomic E-state index is 11.1. The fourth-order valence-corrected chi connectivity index (χ4v) is 3.58. The summed E-state index contributed by atoms with van der Waals surface area (Å²) in [5.74, 6) is 0.148. The normalized spacial score (nSPS) is 11.9. The molecule has 0 aliphatic rings. The van der Waals surface area contributed by atoms with E-state index >= 15 is 0 Å². The van der Waals surface area contributed by atoms with Gasteiger partial charge in [-0.3, -0.25) is 4.98 Å². The van der Waals surface area contributed by atoms with Crippen LogP contribution in [0.4, 0.5) is 0 Å². The lowest BCUT2D eigenvalue weighted by molar-refractivity contribution is 0.596. The summed E-state index contributed by atoms with van der Waals surface area (Å²) in [5.41, 5.74) is 2.00. The molecule has 0 bridgehead atoms. The van der Waals surface area contributed by atoms with Gasteiger partial charge in [0.1, 0.15) is 14.8 Å². The maximum absolute atomic E-state index is 11.1. The minimum atomic E-state index is -2.92. The third kappa shape index (κ3) is 4.34. The lowest BCUT2D eigenvalue weighted by atomic mass is 10.1. The van der Waals surface area contributed by atoms with Gasteiger partial charge in [0.05, 0.1) is 11.3 Å². The van der Waals surface area contributed by atoms with E-state index in [1.54, 1.807) is 17.5 Å². The van der Waals surface area contributed by atoms with Crippen molar-refractivity contribution in [2.24, 2.45) is 0 Å². The molecule has 5 nitrogen and oxygen atoms in total. The van der Waals surface area contributed by atoms with E-state index in [0.717, 1.165) is 26.4 Å². The average Bonchev–Trinajstić information content (AvgIpc) is 2.99. The van der Waals surface area contributed by atoms with Crippen LogP contribution < -0.4 is 5.32 Å². The van der Waals surface area contributed by atoms with E-state index in [1.807, 2.05) is 36.5 Å². The van der Waals surface area contributed by atoms with Gasteiger partial charge in [0.15, 0.2) is 0 Å². The fraction of sp³-hybridized carbons (Fsp3) is 0.250. The third-order valence-electron chi connectivity index (χ3n) is 3.36. The van der Waals surface area contributed by atoms with E-state index in [1.165, 1.54) is 6.26 Å². The summed E-state index contributed by atoms with van der Waals surface area (Å²) < 4.78 is 22.2. The van der Waals surface area contributed by atoms with Gasteiger partial charge in [0.2, 0.25) is 0 Å². The summed E-state index contributed by atoms with van der Waals surface area (Å²) in [6.07, 6.45) is 4.86. The van der Waals surface area contributed by atoms with Crippen molar-refractivity contribution >= 4 is 32.1 Å². The van der Waals surface area contributed by atoms with Crippen LogP contribution in [0.5, 0.6) is 0 Å². The number of nitrogens with one attached hydrogen (secondary N) is 1. The highest BCUT2D eigenvalue weighted by molar-refractivity contribution is 7.90. The van der Waals surface area contributed by atoms with Crippen LogP contribution in [0, 0.1) is 0 Å². The number of rotatable bonds is 6. The Morgan fingerprint density at radius 1 is 1.22 bits per heavy atom. The number of fused-ring (bicyclic) bond motifs is 1. The van der Waals surface area contributed by atoms with Crippen LogP contribution >= 0.6 is 11.3 Å². The molecule has 1 N–H and O–H groups in total. The molecule has 0 saturated carbocycles. The van der Waals surface area contributed by atoms with Crippen LogP contribution in [0.15, 0.2) is 42.7 Å². The first-order valence-corrected chi connectivity index (χ1v) is 10.1. The van der Waals surface area contributed by atoms with E-state index in [4.69, 9.17) is 0 Å². The van der Waals surface area contributed by atoms with Gasteiger partial charge >= 0.3 is 0 Å². The second kappa shape index (κ2) is 6.74. The van der Waals surface area contributed by atoms with Crippen molar-refractivity contribution in [1.82, 2.24) is 15.3 Å². The first kappa shape index (κ1) is 16.0. The molecule has 0 spiro atoms. The van der Waals surface area contributed by atoms with Crippen molar-refractivity contribution < 1.29 is 8.42 Å². The summed E-state index contributed by atoms with van der Waals surface area (Å²) in [6.45, 7) is 1.07. The molecule has 3 rings (SSSR count). The largest absolute Gasteiger partial charge is 0.311 e. The van der Waals surface area contributed by atoms with Crippen LogP contribution in [-0.4, -0.2) is 36.9 Å². The van der Waals surface area contributed by atoms with Crippen LogP contribution in [-0.2, 0) is 16.4 Å². The van der Waals surface area contributed by atoms with Gasteiger partial charge < -0.3 is 5.32 Å². The first-order chi connectivity index (χ1) is 11.0. The Balaban J connectivity index is 1.68. The predicted octanol–water partition coefficient (Wildman–Crippen LogP) is 2.49. The van der Waals surface area contributed by atoms with Crippen LogP contribution in [0.3, 0.4) is 0 Å². The highest BCUT2D eigenvalue weighted by Crippen LogP contribution is 2.27. The Bertz CT molecular complexity index is 920. The van der Waals surface area contributed by atoms with Gasteiger partial charge in [-0.05, 0) is 12.1 Å². The monoisotopic (exact) mass is 347 g/mol. The molecule has 0 aliphatic carbocycles. The zero-order valence-electron chi connectivity index (χ0n) is 12.7. The van der Waals surface area contributed by atoms with Crippen LogP contribution in [0.1, 0.15) is 4.88 Å². The Morgan fingerprint density at radius 2 is 2.09 bits per heavy atom. The topological polar surface area (TPSA) is 72.0 Å². The summed E-state index contributed by atoms with van der Waals surface area (Å²) in [6, 6.07) is 10.1. The third-order valence-corrected chi connectivity index (χ3v) is 5.35. The summed E-state index contributed by atoms with van der Waals surface area (Å²) in [4.78, 5) is 9.90. The van der Waals surface area contributed by atoms with E-state index < -0.39 is 9.84 Å². The van der Waals surface area contributed by atoms with E-state index in [9.17, 15) is 8.42 Å². The SMILES string of the molecule is CS(=O)(=O)CCNCc1cnc(-c2ccc3cccnc3c2)s1. The van der Waals surface area contributed by atoms with Gasteiger partial charge in [0, 0.05) is 47.6 Å². The summed E-state index contributed by atoms with van der Waals surface area (Å²) in [7, 11) is -2.92. The molecule has 0 saturated heterocycles. The smallest absolute Gasteiger partial charge is 0.148 e. The average molecular weight is 347 g/mol. The Labute approximate surface area is 139 Å². The molecule has 0 aliphatic heterocycles. The summed E-state index contributed by atoms with van der Waals surface area (Å²) in [5, 5.41) is 5.18.